The van der Waals surface area contributed by atoms with Crippen molar-refractivity contribution in [1.82, 2.24) is 0 Å². The van der Waals surface area contributed by atoms with E-state index in [9.17, 15) is 9.59 Å². The molecule has 1 aromatic carbocycles. The Balaban J connectivity index is 2.30. The molecule has 0 unspecified atom stereocenters. The number of thiophene rings is 1. The molecule has 1 aromatic heterocycles. The van der Waals surface area contributed by atoms with E-state index in [0.717, 1.165) is 14.0 Å². The van der Waals surface area contributed by atoms with Crippen LogP contribution in [0.4, 0.5) is 5.69 Å². The zero-order valence-electron chi connectivity index (χ0n) is 10.9. The Kier molecular flexibility index (Phi) is 4.44. The number of halogens is 1. The van der Waals surface area contributed by atoms with Crippen molar-refractivity contribution in [2.75, 3.05) is 5.32 Å². The highest BCUT2D eigenvalue weighted by molar-refractivity contribution is 14.1. The average Bonchev–Trinajstić information content (AvgIpc) is 2.71. The lowest BCUT2D eigenvalue weighted by molar-refractivity contribution is 0.0698. The molecular formula is C14H12INO3S. The molecule has 0 fully saturated rings. The Morgan fingerprint density at radius 2 is 1.95 bits per heavy atom. The number of amides is 1. The number of carboxylic acids is 1. The summed E-state index contributed by atoms with van der Waals surface area (Å²) >= 11 is 3.43. The maximum atomic E-state index is 12.1. The highest BCUT2D eigenvalue weighted by Crippen LogP contribution is 2.24. The van der Waals surface area contributed by atoms with Gasteiger partial charge in [0.1, 0.15) is 0 Å². The Morgan fingerprint density at radius 1 is 1.25 bits per heavy atom. The number of aromatic carboxylic acids is 1. The standard InChI is InChI=1S/C14H12INO3S/c1-7-5-12(20-8(7)2)13(17)16-11-4-3-9(15)6-10(11)14(18)19/h3-6H,1-2H3,(H,16,17)(H,18,19). The molecule has 1 heterocycles. The average molecular weight is 401 g/mol. The molecule has 4 nitrogen and oxygen atoms in total. The van der Waals surface area contributed by atoms with Gasteiger partial charge < -0.3 is 10.4 Å². The van der Waals surface area contributed by atoms with Crippen LogP contribution in [0.2, 0.25) is 0 Å². The molecule has 0 saturated heterocycles. The fraction of sp³-hybridized carbons (Fsp3) is 0.143. The molecular weight excluding hydrogens is 389 g/mol. The van der Waals surface area contributed by atoms with Gasteiger partial charge in [-0.15, -0.1) is 11.3 Å². The lowest BCUT2D eigenvalue weighted by atomic mass is 10.2. The Bertz CT molecular complexity index is 674. The van der Waals surface area contributed by atoms with Gasteiger partial charge in [0.2, 0.25) is 0 Å². The van der Waals surface area contributed by atoms with Crippen LogP contribution in [0, 0.1) is 17.4 Å². The van der Waals surface area contributed by atoms with Gasteiger partial charge in [0.25, 0.3) is 5.91 Å². The number of hydrogen-bond donors (Lipinski definition) is 2. The second-order valence-corrected chi connectivity index (χ2v) is 6.80. The predicted molar refractivity (Wildman–Crippen MR) is 87.9 cm³/mol. The maximum absolute atomic E-state index is 12.1. The first-order valence-electron chi connectivity index (χ1n) is 5.79. The summed E-state index contributed by atoms with van der Waals surface area (Å²) in [5.74, 6) is -1.34. The minimum atomic E-state index is -1.06. The Hall–Kier alpha value is -1.41. The van der Waals surface area contributed by atoms with Gasteiger partial charge in [0.15, 0.2) is 0 Å². The van der Waals surface area contributed by atoms with E-state index in [0.29, 0.717) is 10.6 Å². The quantitative estimate of drug-likeness (QED) is 0.767. The molecule has 0 aliphatic rings. The molecule has 6 heteroatoms. The van der Waals surface area contributed by atoms with Gasteiger partial charge in [-0.1, -0.05) is 0 Å². The third-order valence-electron chi connectivity index (χ3n) is 2.85. The second-order valence-electron chi connectivity index (χ2n) is 4.30. The molecule has 0 bridgehead atoms. The monoisotopic (exact) mass is 401 g/mol. The van der Waals surface area contributed by atoms with E-state index in [-0.39, 0.29) is 11.5 Å². The summed E-state index contributed by atoms with van der Waals surface area (Å²) in [6.45, 7) is 3.89. The lowest BCUT2D eigenvalue weighted by Crippen LogP contribution is -2.13. The SMILES string of the molecule is Cc1cc(C(=O)Nc2ccc(I)cc2C(=O)O)sc1C. The summed E-state index contributed by atoms with van der Waals surface area (Å²) in [5.41, 5.74) is 1.46. The molecule has 0 radical (unpaired) electrons. The van der Waals surface area contributed by atoms with E-state index in [4.69, 9.17) is 5.11 Å². The van der Waals surface area contributed by atoms with Crippen molar-refractivity contribution in [3.8, 4) is 0 Å². The first kappa shape index (κ1) is 15.0. The number of anilines is 1. The summed E-state index contributed by atoms with van der Waals surface area (Å²) in [4.78, 5) is 25.0. The van der Waals surface area contributed by atoms with E-state index in [1.165, 1.54) is 17.4 Å². The number of hydrogen-bond acceptors (Lipinski definition) is 3. The van der Waals surface area contributed by atoms with E-state index < -0.39 is 5.97 Å². The first-order valence-corrected chi connectivity index (χ1v) is 7.69. The van der Waals surface area contributed by atoms with Gasteiger partial charge in [-0.05, 0) is 66.3 Å². The van der Waals surface area contributed by atoms with Crippen LogP contribution in [-0.2, 0) is 0 Å². The zero-order chi connectivity index (χ0) is 14.9. The number of carbonyl (C=O) groups excluding carboxylic acids is 1. The van der Waals surface area contributed by atoms with Crippen LogP contribution in [0.3, 0.4) is 0 Å². The summed E-state index contributed by atoms with van der Waals surface area (Å²) in [6.07, 6.45) is 0. The van der Waals surface area contributed by atoms with Crippen LogP contribution in [0.1, 0.15) is 30.5 Å². The molecule has 2 rings (SSSR count). The Labute approximate surface area is 134 Å². The maximum Gasteiger partial charge on any atom is 0.337 e. The van der Waals surface area contributed by atoms with E-state index >= 15 is 0 Å². The van der Waals surface area contributed by atoms with E-state index in [1.54, 1.807) is 12.1 Å². The van der Waals surface area contributed by atoms with Crippen molar-refractivity contribution in [1.29, 1.82) is 0 Å². The molecule has 20 heavy (non-hydrogen) atoms. The molecule has 0 spiro atoms. The van der Waals surface area contributed by atoms with Crippen molar-refractivity contribution < 1.29 is 14.7 Å². The highest BCUT2D eigenvalue weighted by atomic mass is 127. The lowest BCUT2D eigenvalue weighted by Gasteiger charge is -2.07. The number of aryl methyl sites for hydroxylation is 2. The topological polar surface area (TPSA) is 66.4 Å². The molecule has 0 aliphatic heterocycles. The first-order chi connectivity index (χ1) is 9.38. The molecule has 0 saturated carbocycles. The fourth-order valence-corrected chi connectivity index (χ4v) is 3.09. The van der Waals surface area contributed by atoms with Crippen molar-refractivity contribution >= 4 is 51.5 Å². The van der Waals surface area contributed by atoms with E-state index in [1.807, 2.05) is 42.5 Å². The normalized spacial score (nSPS) is 10.3. The smallest absolute Gasteiger partial charge is 0.337 e. The number of carboxylic acid groups (broad SMARTS) is 1. The predicted octanol–water partition coefficient (Wildman–Crippen LogP) is 3.92. The van der Waals surface area contributed by atoms with Crippen LogP contribution >= 0.6 is 33.9 Å². The minimum absolute atomic E-state index is 0.0928. The number of rotatable bonds is 3. The van der Waals surface area contributed by atoms with Gasteiger partial charge in [-0.3, -0.25) is 4.79 Å². The van der Waals surface area contributed by atoms with Gasteiger partial charge in [-0.25, -0.2) is 4.79 Å². The minimum Gasteiger partial charge on any atom is -0.478 e. The molecule has 1 amide bonds. The molecule has 2 aromatic rings. The van der Waals surface area contributed by atoms with Crippen molar-refractivity contribution in [2.24, 2.45) is 0 Å². The van der Waals surface area contributed by atoms with Gasteiger partial charge in [0, 0.05) is 8.45 Å². The zero-order valence-corrected chi connectivity index (χ0v) is 13.8. The third kappa shape index (κ3) is 3.18. The largest absolute Gasteiger partial charge is 0.478 e. The van der Waals surface area contributed by atoms with Gasteiger partial charge in [-0.2, -0.15) is 0 Å². The second kappa shape index (κ2) is 5.92. The fourth-order valence-electron chi connectivity index (χ4n) is 1.67. The van der Waals surface area contributed by atoms with Gasteiger partial charge >= 0.3 is 5.97 Å². The number of carbonyl (C=O) groups is 2. The summed E-state index contributed by atoms with van der Waals surface area (Å²) < 4.78 is 0.806. The van der Waals surface area contributed by atoms with Crippen LogP contribution in [0.25, 0.3) is 0 Å². The van der Waals surface area contributed by atoms with Crippen molar-refractivity contribution in [3.05, 3.63) is 48.7 Å². The van der Waals surface area contributed by atoms with Crippen LogP contribution < -0.4 is 5.32 Å². The number of benzene rings is 1. The van der Waals surface area contributed by atoms with Crippen LogP contribution in [0.15, 0.2) is 24.3 Å². The molecule has 0 atom stereocenters. The van der Waals surface area contributed by atoms with Crippen LogP contribution in [0.5, 0.6) is 0 Å². The molecule has 104 valence electrons. The Morgan fingerprint density at radius 3 is 2.50 bits per heavy atom. The summed E-state index contributed by atoms with van der Waals surface area (Å²) in [6, 6.07) is 6.70. The van der Waals surface area contributed by atoms with Crippen molar-refractivity contribution in [3.63, 3.8) is 0 Å². The van der Waals surface area contributed by atoms with Gasteiger partial charge in [0.05, 0.1) is 16.1 Å². The molecule has 0 aliphatic carbocycles. The van der Waals surface area contributed by atoms with E-state index in [2.05, 4.69) is 5.32 Å². The molecule has 2 N–H and O–H groups in total. The summed E-state index contributed by atoms with van der Waals surface area (Å²) in [5, 5.41) is 11.8. The third-order valence-corrected chi connectivity index (χ3v) is 4.67. The van der Waals surface area contributed by atoms with Crippen LogP contribution in [-0.4, -0.2) is 17.0 Å². The van der Waals surface area contributed by atoms with Crippen molar-refractivity contribution in [2.45, 2.75) is 13.8 Å². The number of nitrogens with one attached hydrogen (secondary N) is 1. The highest BCUT2D eigenvalue weighted by Gasteiger charge is 2.15. The summed E-state index contributed by atoms with van der Waals surface area (Å²) in [7, 11) is 0.